The summed E-state index contributed by atoms with van der Waals surface area (Å²) in [6.45, 7) is 4.67. The van der Waals surface area contributed by atoms with Crippen molar-refractivity contribution in [3.8, 4) is 0 Å². The SMILES string of the molecule is CC1(CNC(=O)c2cccc(F)c2Cl)CCNCC1. The van der Waals surface area contributed by atoms with Gasteiger partial charge in [0.25, 0.3) is 5.91 Å². The lowest BCUT2D eigenvalue weighted by atomic mass is 9.81. The number of amides is 1. The molecule has 1 aliphatic rings. The number of benzene rings is 1. The summed E-state index contributed by atoms with van der Waals surface area (Å²) in [6.07, 6.45) is 2.04. The molecule has 104 valence electrons. The van der Waals surface area contributed by atoms with Gasteiger partial charge in [0.1, 0.15) is 5.82 Å². The van der Waals surface area contributed by atoms with Crippen molar-refractivity contribution in [2.24, 2.45) is 5.41 Å². The lowest BCUT2D eigenvalue weighted by Gasteiger charge is -2.34. The lowest BCUT2D eigenvalue weighted by Crippen LogP contribution is -2.42. The molecule has 1 aliphatic heterocycles. The Balaban J connectivity index is 1.99. The van der Waals surface area contributed by atoms with Crippen LogP contribution in [0.4, 0.5) is 4.39 Å². The zero-order valence-corrected chi connectivity index (χ0v) is 11.7. The van der Waals surface area contributed by atoms with E-state index in [2.05, 4.69) is 17.6 Å². The molecule has 0 aliphatic carbocycles. The summed E-state index contributed by atoms with van der Waals surface area (Å²) in [7, 11) is 0. The number of piperidine rings is 1. The van der Waals surface area contributed by atoms with Crippen molar-refractivity contribution in [1.82, 2.24) is 10.6 Å². The van der Waals surface area contributed by atoms with Crippen molar-refractivity contribution in [1.29, 1.82) is 0 Å². The Hall–Kier alpha value is -1.13. The molecule has 0 aromatic heterocycles. The summed E-state index contributed by atoms with van der Waals surface area (Å²) in [5.74, 6) is -0.883. The normalized spacial score (nSPS) is 18.1. The Morgan fingerprint density at radius 2 is 2.16 bits per heavy atom. The van der Waals surface area contributed by atoms with Gasteiger partial charge in [-0.05, 0) is 43.5 Å². The number of carbonyl (C=O) groups is 1. The maximum absolute atomic E-state index is 13.3. The molecule has 1 heterocycles. The molecular formula is C14H18ClFN2O. The fraction of sp³-hybridized carbons (Fsp3) is 0.500. The number of halogens is 2. The second-order valence-electron chi connectivity index (χ2n) is 5.34. The van der Waals surface area contributed by atoms with Gasteiger partial charge >= 0.3 is 0 Å². The molecule has 5 heteroatoms. The second kappa shape index (κ2) is 5.88. The Morgan fingerprint density at radius 3 is 2.84 bits per heavy atom. The van der Waals surface area contributed by atoms with Crippen molar-refractivity contribution in [2.75, 3.05) is 19.6 Å². The van der Waals surface area contributed by atoms with Gasteiger partial charge in [0.05, 0.1) is 10.6 Å². The van der Waals surface area contributed by atoms with Gasteiger partial charge < -0.3 is 10.6 Å². The van der Waals surface area contributed by atoms with E-state index in [0.29, 0.717) is 6.54 Å². The third kappa shape index (κ3) is 3.45. The van der Waals surface area contributed by atoms with E-state index in [0.717, 1.165) is 25.9 Å². The number of carbonyl (C=O) groups excluding carboxylic acids is 1. The van der Waals surface area contributed by atoms with Crippen LogP contribution in [0.3, 0.4) is 0 Å². The fourth-order valence-electron chi connectivity index (χ4n) is 2.28. The lowest BCUT2D eigenvalue weighted by molar-refractivity contribution is 0.0922. The molecule has 1 saturated heterocycles. The van der Waals surface area contributed by atoms with Gasteiger partial charge in [0.2, 0.25) is 0 Å². The van der Waals surface area contributed by atoms with Crippen molar-refractivity contribution in [3.05, 3.63) is 34.6 Å². The Morgan fingerprint density at radius 1 is 1.47 bits per heavy atom. The molecule has 3 nitrogen and oxygen atoms in total. The summed E-state index contributed by atoms with van der Waals surface area (Å²) >= 11 is 5.80. The molecule has 2 N–H and O–H groups in total. The molecule has 0 bridgehead atoms. The predicted molar refractivity (Wildman–Crippen MR) is 74.0 cm³/mol. The molecule has 1 fully saturated rings. The average molecular weight is 285 g/mol. The van der Waals surface area contributed by atoms with E-state index >= 15 is 0 Å². The quantitative estimate of drug-likeness (QED) is 0.896. The van der Waals surface area contributed by atoms with Crippen LogP contribution in [-0.4, -0.2) is 25.5 Å². The van der Waals surface area contributed by atoms with Gasteiger partial charge in [-0.15, -0.1) is 0 Å². The highest BCUT2D eigenvalue weighted by Crippen LogP contribution is 2.27. The Kier molecular flexibility index (Phi) is 4.42. The van der Waals surface area contributed by atoms with E-state index in [1.54, 1.807) is 0 Å². The molecule has 0 atom stereocenters. The number of nitrogens with one attached hydrogen (secondary N) is 2. The van der Waals surface area contributed by atoms with E-state index < -0.39 is 5.82 Å². The van der Waals surface area contributed by atoms with Crippen LogP contribution in [0, 0.1) is 11.2 Å². The first kappa shape index (κ1) is 14.3. The van der Waals surface area contributed by atoms with E-state index in [1.807, 2.05) is 0 Å². The highest BCUT2D eigenvalue weighted by molar-refractivity contribution is 6.34. The molecule has 1 aromatic rings. The third-order valence-corrected chi connectivity index (χ3v) is 4.07. The van der Waals surface area contributed by atoms with E-state index in [4.69, 9.17) is 11.6 Å². The van der Waals surface area contributed by atoms with E-state index in [1.165, 1.54) is 18.2 Å². The summed E-state index contributed by atoms with van der Waals surface area (Å²) < 4.78 is 13.3. The van der Waals surface area contributed by atoms with Gasteiger partial charge in [0, 0.05) is 6.54 Å². The molecule has 2 rings (SSSR count). The van der Waals surface area contributed by atoms with Crippen molar-refractivity contribution >= 4 is 17.5 Å². The van der Waals surface area contributed by atoms with Gasteiger partial charge in [-0.2, -0.15) is 0 Å². The number of rotatable bonds is 3. The highest BCUT2D eigenvalue weighted by Gasteiger charge is 2.27. The van der Waals surface area contributed by atoms with Crippen LogP contribution in [0.5, 0.6) is 0 Å². The van der Waals surface area contributed by atoms with Crippen LogP contribution >= 0.6 is 11.6 Å². The van der Waals surface area contributed by atoms with Crippen LogP contribution in [-0.2, 0) is 0 Å². The molecule has 1 aromatic carbocycles. The Bertz CT molecular complexity index is 473. The van der Waals surface area contributed by atoms with Gasteiger partial charge in [0.15, 0.2) is 0 Å². The summed E-state index contributed by atoms with van der Waals surface area (Å²) in [5, 5.41) is 6.04. The molecule has 0 radical (unpaired) electrons. The van der Waals surface area contributed by atoms with Crippen molar-refractivity contribution in [2.45, 2.75) is 19.8 Å². The van der Waals surface area contributed by atoms with E-state index in [9.17, 15) is 9.18 Å². The summed E-state index contributed by atoms with van der Waals surface area (Å²) in [4.78, 5) is 12.0. The fourth-order valence-corrected chi connectivity index (χ4v) is 2.49. The predicted octanol–water partition coefficient (Wildman–Crippen LogP) is 2.60. The zero-order valence-electron chi connectivity index (χ0n) is 10.9. The molecule has 0 spiro atoms. The average Bonchev–Trinajstić information content (AvgIpc) is 2.40. The minimum Gasteiger partial charge on any atom is -0.351 e. The van der Waals surface area contributed by atoms with Gasteiger partial charge in [-0.3, -0.25) is 4.79 Å². The van der Waals surface area contributed by atoms with Gasteiger partial charge in [-0.1, -0.05) is 24.6 Å². The third-order valence-electron chi connectivity index (χ3n) is 3.68. The van der Waals surface area contributed by atoms with Crippen LogP contribution in [0.1, 0.15) is 30.1 Å². The maximum atomic E-state index is 13.3. The minimum atomic E-state index is -0.567. The van der Waals surface area contributed by atoms with Crippen LogP contribution < -0.4 is 10.6 Å². The van der Waals surface area contributed by atoms with Crippen LogP contribution in [0.2, 0.25) is 5.02 Å². The molecule has 0 saturated carbocycles. The largest absolute Gasteiger partial charge is 0.351 e. The monoisotopic (exact) mass is 284 g/mol. The topological polar surface area (TPSA) is 41.1 Å². The van der Waals surface area contributed by atoms with Gasteiger partial charge in [-0.25, -0.2) is 4.39 Å². The first-order valence-corrected chi connectivity index (χ1v) is 6.83. The molecular weight excluding hydrogens is 267 g/mol. The summed E-state index contributed by atoms with van der Waals surface area (Å²) in [5.41, 5.74) is 0.292. The first-order valence-electron chi connectivity index (χ1n) is 6.45. The van der Waals surface area contributed by atoms with Crippen LogP contribution in [0.25, 0.3) is 0 Å². The highest BCUT2D eigenvalue weighted by atomic mass is 35.5. The maximum Gasteiger partial charge on any atom is 0.252 e. The second-order valence-corrected chi connectivity index (χ2v) is 5.72. The summed E-state index contributed by atoms with van der Waals surface area (Å²) in [6, 6.07) is 4.26. The molecule has 0 unspecified atom stereocenters. The smallest absolute Gasteiger partial charge is 0.252 e. The number of hydrogen-bond donors (Lipinski definition) is 2. The minimum absolute atomic E-state index is 0.0979. The molecule has 1 amide bonds. The zero-order chi connectivity index (χ0) is 13.9. The molecule has 19 heavy (non-hydrogen) atoms. The van der Waals surface area contributed by atoms with Crippen LogP contribution in [0.15, 0.2) is 18.2 Å². The Labute approximate surface area is 117 Å². The first-order chi connectivity index (χ1) is 9.02. The van der Waals surface area contributed by atoms with Crippen molar-refractivity contribution < 1.29 is 9.18 Å². The number of hydrogen-bond acceptors (Lipinski definition) is 2. The van der Waals surface area contributed by atoms with Crippen molar-refractivity contribution in [3.63, 3.8) is 0 Å². The van der Waals surface area contributed by atoms with E-state index in [-0.39, 0.29) is 21.9 Å². The standard InChI is InChI=1S/C14H18ClFN2O/c1-14(5-7-17-8-6-14)9-18-13(19)10-3-2-4-11(16)12(10)15/h2-4,17H,5-9H2,1H3,(H,18,19).